The summed E-state index contributed by atoms with van der Waals surface area (Å²) >= 11 is 0. The molecule has 1 saturated carbocycles. The molecular weight excluding hydrogens is 303 g/mol. The first-order valence-corrected chi connectivity index (χ1v) is 7.29. The minimum absolute atomic E-state index is 0.0790. The summed E-state index contributed by atoms with van der Waals surface area (Å²) in [6.07, 6.45) is -1.10. The lowest BCUT2D eigenvalue weighted by Gasteiger charge is -2.25. The van der Waals surface area contributed by atoms with Crippen LogP contribution in [0.5, 0.6) is 0 Å². The number of nitrogens with zero attached hydrogens (tertiary/aromatic N) is 1. The molecule has 2 nitrogen and oxygen atoms in total. The molecule has 1 aliphatic rings. The molecule has 0 spiro atoms. The van der Waals surface area contributed by atoms with Gasteiger partial charge in [0.2, 0.25) is 0 Å². The van der Waals surface area contributed by atoms with E-state index in [2.05, 4.69) is 19.5 Å². The molecule has 1 aliphatic carbocycles. The second-order valence-corrected chi connectivity index (χ2v) is 5.86. The van der Waals surface area contributed by atoms with E-state index in [-0.39, 0.29) is 11.4 Å². The van der Waals surface area contributed by atoms with Crippen LogP contribution in [0.4, 0.5) is 28.9 Å². The van der Waals surface area contributed by atoms with Gasteiger partial charge in [-0.05, 0) is 43.1 Å². The van der Waals surface area contributed by atoms with E-state index in [1.807, 2.05) is 6.92 Å². The van der Waals surface area contributed by atoms with Crippen LogP contribution < -0.4 is 10.6 Å². The third-order valence-corrected chi connectivity index (χ3v) is 4.07. The Kier molecular flexibility index (Phi) is 4.87. The van der Waals surface area contributed by atoms with Gasteiger partial charge in [0.15, 0.2) is 0 Å². The molecule has 1 aromatic carbocycles. The summed E-state index contributed by atoms with van der Waals surface area (Å²) in [5.41, 5.74) is 1.13. The molecule has 0 aromatic heterocycles. The number of nitrogens with one attached hydrogen (secondary N) is 1. The highest BCUT2D eigenvalue weighted by Gasteiger charge is 2.27. The van der Waals surface area contributed by atoms with E-state index in [4.69, 9.17) is 0 Å². The van der Waals surface area contributed by atoms with Crippen LogP contribution in [0.25, 0.3) is 0 Å². The van der Waals surface area contributed by atoms with Gasteiger partial charge in [0, 0.05) is 11.4 Å². The molecule has 1 aromatic rings. The van der Waals surface area contributed by atoms with Crippen LogP contribution in [0.1, 0.15) is 26.2 Å². The van der Waals surface area contributed by atoms with Crippen LogP contribution in [-0.2, 0) is 0 Å². The molecule has 0 aliphatic heterocycles. The molecule has 1 N–H and O–H groups in total. The lowest BCUT2D eigenvalue weighted by Crippen LogP contribution is -2.23. The molecular formula is C14H17F4N2P. The molecule has 7 heteroatoms. The highest BCUT2D eigenvalue weighted by molar-refractivity contribution is 7.28. The summed E-state index contributed by atoms with van der Waals surface area (Å²) in [5.74, 6) is -0.164. The first-order chi connectivity index (χ1) is 9.76. The van der Waals surface area contributed by atoms with Crippen molar-refractivity contribution >= 4 is 31.6 Å². The lowest BCUT2D eigenvalue weighted by atomic mass is 9.82. The van der Waals surface area contributed by atoms with E-state index in [9.17, 15) is 17.6 Å². The number of anilines is 1. The minimum Gasteiger partial charge on any atom is -0.376 e. The standard InChI is InChI=1S/C14H17F4N2P/c1-8(9-3-2-4-9)20-11-6-12(13(21)5-10(11)15)19-7-14(16,17)18/h5-6,9,19H,2-4,7,21H2,1H3. The van der Waals surface area contributed by atoms with Gasteiger partial charge in [-0.3, -0.25) is 4.99 Å². The number of benzene rings is 1. The number of alkyl halides is 3. The molecule has 0 bridgehead atoms. The summed E-state index contributed by atoms with van der Waals surface area (Å²) in [6, 6.07) is 2.50. The smallest absolute Gasteiger partial charge is 0.376 e. The maximum Gasteiger partial charge on any atom is 0.405 e. The molecule has 0 radical (unpaired) electrons. The van der Waals surface area contributed by atoms with Crippen molar-refractivity contribution in [3.05, 3.63) is 17.9 Å². The predicted octanol–water partition coefficient (Wildman–Crippen LogP) is 4.19. The second-order valence-electron chi connectivity index (χ2n) is 5.24. The molecule has 1 atom stereocenters. The number of hydrogen-bond acceptors (Lipinski definition) is 2. The lowest BCUT2D eigenvalue weighted by molar-refractivity contribution is -0.115. The van der Waals surface area contributed by atoms with Crippen LogP contribution in [-0.4, -0.2) is 18.4 Å². The Labute approximate surface area is 123 Å². The van der Waals surface area contributed by atoms with Crippen molar-refractivity contribution in [3.63, 3.8) is 0 Å². The van der Waals surface area contributed by atoms with Crippen LogP contribution >= 0.6 is 9.24 Å². The number of hydrogen-bond donors (Lipinski definition) is 1. The highest BCUT2D eigenvalue weighted by Crippen LogP contribution is 2.30. The maximum atomic E-state index is 13.9. The van der Waals surface area contributed by atoms with Crippen LogP contribution in [0.15, 0.2) is 17.1 Å². The van der Waals surface area contributed by atoms with E-state index in [1.54, 1.807) is 0 Å². The SMILES string of the molecule is CC(=Nc1cc(NCC(F)(F)F)c(P)cc1F)C1CCC1. The first kappa shape index (κ1) is 16.2. The Hall–Kier alpha value is -1.16. The van der Waals surface area contributed by atoms with Crippen LogP contribution in [0.3, 0.4) is 0 Å². The molecule has 2 rings (SSSR count). The third-order valence-electron chi connectivity index (χ3n) is 3.59. The predicted molar refractivity (Wildman–Crippen MR) is 80.4 cm³/mol. The zero-order chi connectivity index (χ0) is 15.6. The van der Waals surface area contributed by atoms with Gasteiger partial charge >= 0.3 is 6.18 Å². The Bertz CT molecular complexity index is 551. The topological polar surface area (TPSA) is 24.4 Å². The van der Waals surface area contributed by atoms with Crippen molar-refractivity contribution in [2.24, 2.45) is 10.9 Å². The average Bonchev–Trinajstić information content (AvgIpc) is 2.27. The van der Waals surface area contributed by atoms with Gasteiger partial charge in [0.25, 0.3) is 0 Å². The number of rotatable bonds is 4. The van der Waals surface area contributed by atoms with Gasteiger partial charge in [0.1, 0.15) is 18.0 Å². The van der Waals surface area contributed by atoms with Crippen LogP contribution in [0.2, 0.25) is 0 Å². The van der Waals surface area contributed by atoms with Crippen LogP contribution in [0, 0.1) is 11.7 Å². The zero-order valence-corrected chi connectivity index (χ0v) is 12.8. The number of halogens is 4. The summed E-state index contributed by atoms with van der Waals surface area (Å²) in [4.78, 5) is 4.24. The molecule has 0 saturated heterocycles. The quantitative estimate of drug-likeness (QED) is 0.502. The van der Waals surface area contributed by atoms with Crippen molar-refractivity contribution in [1.29, 1.82) is 0 Å². The second kappa shape index (κ2) is 6.30. The van der Waals surface area contributed by atoms with Crippen molar-refractivity contribution in [2.75, 3.05) is 11.9 Å². The summed E-state index contributed by atoms with van der Waals surface area (Å²) < 4.78 is 50.6. The first-order valence-electron chi connectivity index (χ1n) is 6.71. The average molecular weight is 320 g/mol. The molecule has 1 fully saturated rings. The summed E-state index contributed by atoms with van der Waals surface area (Å²) in [5, 5.41) is 2.61. The van der Waals surface area contributed by atoms with Crippen molar-refractivity contribution in [3.8, 4) is 0 Å². The van der Waals surface area contributed by atoms with E-state index in [0.29, 0.717) is 11.2 Å². The van der Waals surface area contributed by atoms with E-state index < -0.39 is 18.5 Å². The van der Waals surface area contributed by atoms with Gasteiger partial charge in [-0.2, -0.15) is 13.2 Å². The van der Waals surface area contributed by atoms with Gasteiger partial charge in [0.05, 0.1) is 0 Å². The molecule has 21 heavy (non-hydrogen) atoms. The Morgan fingerprint density at radius 3 is 2.57 bits per heavy atom. The van der Waals surface area contributed by atoms with Crippen molar-refractivity contribution < 1.29 is 17.6 Å². The summed E-state index contributed by atoms with van der Waals surface area (Å²) in [7, 11) is 2.22. The molecule has 1 unspecified atom stereocenters. The van der Waals surface area contributed by atoms with Gasteiger partial charge in [-0.1, -0.05) is 6.42 Å². The molecule has 0 amide bonds. The fourth-order valence-corrected chi connectivity index (χ4v) is 2.45. The monoisotopic (exact) mass is 320 g/mol. The Balaban J connectivity index is 2.21. The fraction of sp³-hybridized carbons (Fsp3) is 0.500. The van der Waals surface area contributed by atoms with Crippen molar-refractivity contribution in [2.45, 2.75) is 32.4 Å². The third kappa shape index (κ3) is 4.40. The van der Waals surface area contributed by atoms with Gasteiger partial charge in [-0.15, -0.1) is 9.24 Å². The molecule has 116 valence electrons. The van der Waals surface area contributed by atoms with Gasteiger partial charge < -0.3 is 5.32 Å². The highest BCUT2D eigenvalue weighted by atomic mass is 31.0. The Morgan fingerprint density at radius 1 is 1.38 bits per heavy atom. The molecule has 0 heterocycles. The fourth-order valence-electron chi connectivity index (χ4n) is 2.12. The minimum atomic E-state index is -4.32. The Morgan fingerprint density at radius 2 is 2.05 bits per heavy atom. The van der Waals surface area contributed by atoms with E-state index >= 15 is 0 Å². The number of aliphatic imine (C=N–C) groups is 1. The van der Waals surface area contributed by atoms with Crippen molar-refractivity contribution in [1.82, 2.24) is 0 Å². The van der Waals surface area contributed by atoms with E-state index in [1.165, 1.54) is 12.1 Å². The normalized spacial score (nSPS) is 16.8. The van der Waals surface area contributed by atoms with E-state index in [0.717, 1.165) is 25.0 Å². The zero-order valence-electron chi connectivity index (χ0n) is 11.6. The maximum absolute atomic E-state index is 13.9. The van der Waals surface area contributed by atoms with Gasteiger partial charge in [-0.25, -0.2) is 4.39 Å². The summed E-state index contributed by atoms with van der Waals surface area (Å²) in [6.45, 7) is 0.672. The largest absolute Gasteiger partial charge is 0.405 e.